The molecule has 1 aliphatic carbocycles. The smallest absolute Gasteiger partial charge is 0.277 e. The van der Waals surface area contributed by atoms with Gasteiger partial charge in [0, 0.05) is 6.04 Å². The second kappa shape index (κ2) is 7.93. The summed E-state index contributed by atoms with van der Waals surface area (Å²) >= 11 is 2.96. The summed E-state index contributed by atoms with van der Waals surface area (Å²) in [6.07, 6.45) is 7.90. The van der Waals surface area contributed by atoms with Gasteiger partial charge in [-0.25, -0.2) is 0 Å². The van der Waals surface area contributed by atoms with Crippen LogP contribution in [-0.4, -0.2) is 33.7 Å². The van der Waals surface area contributed by atoms with Crippen molar-refractivity contribution in [1.29, 1.82) is 0 Å². The third-order valence-corrected chi connectivity index (χ3v) is 4.78. The molecule has 1 aliphatic rings. The number of hydrogen-bond donors (Lipinski definition) is 1. The van der Waals surface area contributed by atoms with E-state index in [4.69, 9.17) is 4.42 Å². The first-order chi connectivity index (χ1) is 9.69. The van der Waals surface area contributed by atoms with Gasteiger partial charge in [-0.2, -0.15) is 11.8 Å². The molecule has 0 radical (unpaired) electrons. The Morgan fingerprint density at radius 2 is 2.15 bits per heavy atom. The van der Waals surface area contributed by atoms with E-state index in [-0.39, 0.29) is 11.2 Å². The van der Waals surface area contributed by atoms with Crippen LogP contribution in [0.2, 0.25) is 0 Å². The second-order valence-corrected chi connectivity index (χ2v) is 7.16. The van der Waals surface area contributed by atoms with Gasteiger partial charge < -0.3 is 9.73 Å². The van der Waals surface area contributed by atoms with Crippen molar-refractivity contribution in [2.24, 2.45) is 0 Å². The van der Waals surface area contributed by atoms with Gasteiger partial charge in [-0.1, -0.05) is 31.0 Å². The lowest BCUT2D eigenvalue weighted by molar-refractivity contribution is -0.121. The molecule has 1 heterocycles. The van der Waals surface area contributed by atoms with Gasteiger partial charge in [0.1, 0.15) is 0 Å². The third-order valence-electron chi connectivity index (χ3n) is 3.31. The van der Waals surface area contributed by atoms with E-state index in [1.54, 1.807) is 11.8 Å². The topological polar surface area (TPSA) is 68.0 Å². The lowest BCUT2D eigenvalue weighted by Crippen LogP contribution is -2.40. The summed E-state index contributed by atoms with van der Waals surface area (Å²) in [5, 5.41) is 11.3. The minimum atomic E-state index is -0.209. The summed E-state index contributed by atoms with van der Waals surface area (Å²) in [5.41, 5.74) is 0. The molecule has 1 saturated carbocycles. The maximum absolute atomic E-state index is 12.1. The molecular formula is C13H21N3O2S2. The fourth-order valence-corrected chi connectivity index (χ4v) is 3.31. The average molecular weight is 315 g/mol. The van der Waals surface area contributed by atoms with E-state index in [0.29, 0.717) is 22.9 Å². The number of nitrogens with zero attached hydrogens (tertiary/aromatic N) is 2. The van der Waals surface area contributed by atoms with E-state index in [2.05, 4.69) is 15.5 Å². The van der Waals surface area contributed by atoms with Gasteiger partial charge in [-0.05, 0) is 26.0 Å². The highest BCUT2D eigenvalue weighted by Gasteiger charge is 2.22. The Kier molecular flexibility index (Phi) is 6.22. The van der Waals surface area contributed by atoms with Crippen molar-refractivity contribution in [3.8, 4) is 0 Å². The quantitative estimate of drug-likeness (QED) is 0.814. The molecule has 0 bridgehead atoms. The van der Waals surface area contributed by atoms with Crippen molar-refractivity contribution >= 4 is 29.4 Å². The molecule has 0 aromatic carbocycles. The van der Waals surface area contributed by atoms with Crippen molar-refractivity contribution in [2.75, 3.05) is 6.26 Å². The van der Waals surface area contributed by atoms with Gasteiger partial charge in [-0.15, -0.1) is 10.2 Å². The molecule has 7 heteroatoms. The van der Waals surface area contributed by atoms with Crippen LogP contribution >= 0.6 is 23.5 Å². The molecule has 1 N–H and O–H groups in total. The van der Waals surface area contributed by atoms with Gasteiger partial charge in [-0.3, -0.25) is 4.79 Å². The van der Waals surface area contributed by atoms with Crippen LogP contribution in [0.3, 0.4) is 0 Å². The van der Waals surface area contributed by atoms with E-state index in [9.17, 15) is 4.79 Å². The van der Waals surface area contributed by atoms with E-state index < -0.39 is 0 Å². The normalized spacial score (nSPS) is 17.9. The molecule has 0 saturated heterocycles. The van der Waals surface area contributed by atoms with Gasteiger partial charge in [0.2, 0.25) is 11.8 Å². The van der Waals surface area contributed by atoms with Crippen LogP contribution < -0.4 is 5.32 Å². The van der Waals surface area contributed by atoms with Crippen molar-refractivity contribution < 1.29 is 9.21 Å². The molecule has 0 aliphatic heterocycles. The number of rotatable bonds is 6. The Morgan fingerprint density at radius 3 is 2.85 bits per heavy atom. The average Bonchev–Trinajstić information content (AvgIpc) is 2.87. The Hall–Kier alpha value is -0.690. The van der Waals surface area contributed by atoms with E-state index in [0.717, 1.165) is 12.8 Å². The Labute approximate surface area is 128 Å². The maximum atomic E-state index is 12.1. The molecule has 1 amide bonds. The molecule has 1 aromatic rings. The Morgan fingerprint density at radius 1 is 1.40 bits per heavy atom. The molecule has 5 nitrogen and oxygen atoms in total. The highest BCUT2D eigenvalue weighted by Crippen LogP contribution is 2.24. The van der Waals surface area contributed by atoms with Crippen molar-refractivity contribution in [1.82, 2.24) is 15.5 Å². The van der Waals surface area contributed by atoms with Crippen molar-refractivity contribution in [3.63, 3.8) is 0 Å². The molecule has 1 aromatic heterocycles. The van der Waals surface area contributed by atoms with Crippen LogP contribution in [0.4, 0.5) is 0 Å². The zero-order chi connectivity index (χ0) is 14.4. The first-order valence-corrected chi connectivity index (χ1v) is 9.24. The number of hydrogen-bond acceptors (Lipinski definition) is 6. The monoisotopic (exact) mass is 315 g/mol. The number of thioether (sulfide) groups is 2. The molecule has 0 spiro atoms. The molecule has 2 rings (SSSR count). The summed E-state index contributed by atoms with van der Waals surface area (Å²) in [6, 6.07) is 0.342. The van der Waals surface area contributed by atoms with Crippen LogP contribution in [-0.2, 0) is 10.5 Å². The zero-order valence-corrected chi connectivity index (χ0v) is 13.6. The van der Waals surface area contributed by atoms with Gasteiger partial charge in [0.05, 0.1) is 11.0 Å². The fourth-order valence-electron chi connectivity index (χ4n) is 2.24. The van der Waals surface area contributed by atoms with Gasteiger partial charge in [0.25, 0.3) is 5.22 Å². The lowest BCUT2D eigenvalue weighted by atomic mass is 9.95. The number of amides is 1. The summed E-state index contributed by atoms with van der Waals surface area (Å²) < 4.78 is 5.47. The summed E-state index contributed by atoms with van der Waals surface area (Å²) in [5.74, 6) is 1.38. The van der Waals surface area contributed by atoms with Crippen molar-refractivity contribution in [3.05, 3.63) is 5.89 Å². The first-order valence-electron chi connectivity index (χ1n) is 6.97. The standard InChI is InChI=1S/C13H21N3O2S2/c1-9(12(17)14-10-6-4-3-5-7-10)20-13-16-15-11(18-13)8-19-2/h9-10H,3-8H2,1-2H3,(H,14,17). The van der Waals surface area contributed by atoms with E-state index in [1.165, 1.54) is 31.0 Å². The van der Waals surface area contributed by atoms with E-state index in [1.807, 2.05) is 13.2 Å². The van der Waals surface area contributed by atoms with Crippen LogP contribution in [0.5, 0.6) is 0 Å². The van der Waals surface area contributed by atoms with Crippen LogP contribution in [0.1, 0.15) is 44.9 Å². The highest BCUT2D eigenvalue weighted by molar-refractivity contribution is 8.00. The molecule has 1 atom stereocenters. The third kappa shape index (κ3) is 4.70. The predicted octanol–water partition coefficient (Wildman–Crippen LogP) is 2.86. The van der Waals surface area contributed by atoms with E-state index >= 15 is 0 Å². The molecule has 1 fully saturated rings. The largest absolute Gasteiger partial charge is 0.415 e. The fraction of sp³-hybridized carbons (Fsp3) is 0.769. The van der Waals surface area contributed by atoms with Gasteiger partial charge >= 0.3 is 0 Å². The highest BCUT2D eigenvalue weighted by atomic mass is 32.2. The summed E-state index contributed by atoms with van der Waals surface area (Å²) in [6.45, 7) is 1.88. The number of carbonyl (C=O) groups excluding carboxylic acids is 1. The Bertz CT molecular complexity index is 433. The summed E-state index contributed by atoms with van der Waals surface area (Å²) in [4.78, 5) is 12.1. The van der Waals surface area contributed by atoms with Crippen LogP contribution in [0.15, 0.2) is 9.64 Å². The lowest BCUT2D eigenvalue weighted by Gasteiger charge is -2.23. The Balaban J connectivity index is 1.80. The van der Waals surface area contributed by atoms with Crippen LogP contribution in [0.25, 0.3) is 0 Å². The number of aromatic nitrogens is 2. The molecule has 20 heavy (non-hydrogen) atoms. The van der Waals surface area contributed by atoms with Gasteiger partial charge in [0.15, 0.2) is 0 Å². The minimum Gasteiger partial charge on any atom is -0.415 e. The minimum absolute atomic E-state index is 0.0616. The second-order valence-electron chi connectivity index (χ2n) is 5.00. The predicted molar refractivity (Wildman–Crippen MR) is 81.9 cm³/mol. The SMILES string of the molecule is CSCc1nnc(SC(C)C(=O)NC2CCCCC2)o1. The number of nitrogens with one attached hydrogen (secondary N) is 1. The maximum Gasteiger partial charge on any atom is 0.277 e. The summed E-state index contributed by atoms with van der Waals surface area (Å²) in [7, 11) is 0. The molecule has 112 valence electrons. The van der Waals surface area contributed by atoms with Crippen LogP contribution in [0, 0.1) is 0 Å². The van der Waals surface area contributed by atoms with Crippen molar-refractivity contribution in [2.45, 2.75) is 61.3 Å². The molecular weight excluding hydrogens is 294 g/mol. The zero-order valence-electron chi connectivity index (χ0n) is 11.9. The molecule has 1 unspecified atom stereocenters. The number of carbonyl (C=O) groups is 1. The first kappa shape index (κ1) is 15.7.